The largest absolute Gasteiger partial charge is 0.274 e. The molecule has 3 nitrogen and oxygen atoms in total. The highest BCUT2D eigenvalue weighted by Crippen LogP contribution is 2.46. The molecular formula is C21H20BrNO2. The number of amides is 2. The van der Waals surface area contributed by atoms with Gasteiger partial charge in [0.05, 0.1) is 17.5 Å². The van der Waals surface area contributed by atoms with Gasteiger partial charge in [0.2, 0.25) is 11.8 Å². The minimum Gasteiger partial charge on any atom is -0.274 e. The average Bonchev–Trinajstić information content (AvgIpc) is 2.87. The Morgan fingerprint density at radius 3 is 2.40 bits per heavy atom. The molecule has 2 aromatic rings. The predicted octanol–water partition coefficient (Wildman–Crippen LogP) is 4.83. The van der Waals surface area contributed by atoms with Crippen LogP contribution >= 0.6 is 15.9 Å². The Hall–Kier alpha value is -1.94. The van der Waals surface area contributed by atoms with Gasteiger partial charge in [-0.15, -0.1) is 0 Å². The highest BCUT2D eigenvalue weighted by molar-refractivity contribution is 9.10. The van der Waals surface area contributed by atoms with Crippen molar-refractivity contribution in [3.8, 4) is 0 Å². The summed E-state index contributed by atoms with van der Waals surface area (Å²) in [5.41, 5.74) is 2.94. The zero-order chi connectivity index (χ0) is 17.6. The summed E-state index contributed by atoms with van der Waals surface area (Å²) in [4.78, 5) is 27.4. The Morgan fingerprint density at radius 2 is 1.68 bits per heavy atom. The Bertz CT molecular complexity index is 833. The third-order valence-electron chi connectivity index (χ3n) is 5.60. The van der Waals surface area contributed by atoms with Crippen LogP contribution in [0.2, 0.25) is 0 Å². The highest BCUT2D eigenvalue weighted by atomic mass is 79.9. The van der Waals surface area contributed by atoms with E-state index in [4.69, 9.17) is 0 Å². The Balaban J connectivity index is 1.63. The second-order valence-electron chi connectivity index (χ2n) is 7.08. The molecule has 3 atom stereocenters. The van der Waals surface area contributed by atoms with Crippen molar-refractivity contribution < 1.29 is 9.59 Å². The monoisotopic (exact) mass is 397 g/mol. The summed E-state index contributed by atoms with van der Waals surface area (Å²) in [6.45, 7) is 1.94. The molecule has 25 heavy (non-hydrogen) atoms. The third kappa shape index (κ3) is 2.82. The van der Waals surface area contributed by atoms with Crippen LogP contribution in [0.1, 0.15) is 36.3 Å². The number of imide groups is 1. The maximum Gasteiger partial charge on any atom is 0.237 e. The van der Waals surface area contributed by atoms with Crippen LogP contribution < -0.4 is 4.90 Å². The minimum absolute atomic E-state index is 0.0214. The molecule has 2 fully saturated rings. The molecule has 1 aliphatic heterocycles. The van der Waals surface area contributed by atoms with E-state index >= 15 is 0 Å². The number of fused-ring (bicyclic) bond motifs is 1. The molecule has 0 unspecified atom stereocenters. The quantitative estimate of drug-likeness (QED) is 0.680. The Labute approximate surface area is 156 Å². The number of nitrogens with zero attached hydrogens (tertiary/aromatic N) is 1. The molecule has 1 saturated heterocycles. The maximum absolute atomic E-state index is 13.1. The number of benzene rings is 2. The summed E-state index contributed by atoms with van der Waals surface area (Å²) < 4.78 is 0.953. The molecule has 128 valence electrons. The van der Waals surface area contributed by atoms with Gasteiger partial charge in [-0.3, -0.25) is 9.59 Å². The van der Waals surface area contributed by atoms with Gasteiger partial charge in [0.25, 0.3) is 0 Å². The minimum atomic E-state index is -0.186. The van der Waals surface area contributed by atoms with E-state index in [1.54, 1.807) is 0 Å². The van der Waals surface area contributed by atoms with Crippen LogP contribution in [0.3, 0.4) is 0 Å². The number of anilines is 1. The van der Waals surface area contributed by atoms with Crippen molar-refractivity contribution in [1.82, 2.24) is 0 Å². The number of hydrogen-bond donors (Lipinski definition) is 0. The molecule has 4 rings (SSSR count). The van der Waals surface area contributed by atoms with Crippen molar-refractivity contribution in [2.75, 3.05) is 4.90 Å². The zero-order valence-corrected chi connectivity index (χ0v) is 15.7. The predicted molar refractivity (Wildman–Crippen MR) is 101 cm³/mol. The molecule has 1 saturated carbocycles. The molecule has 0 N–H and O–H groups in total. The molecule has 1 heterocycles. The lowest BCUT2D eigenvalue weighted by Crippen LogP contribution is -2.31. The first kappa shape index (κ1) is 16.5. The zero-order valence-electron chi connectivity index (χ0n) is 14.1. The molecular weight excluding hydrogens is 378 g/mol. The summed E-state index contributed by atoms with van der Waals surface area (Å²) in [7, 11) is 0. The van der Waals surface area contributed by atoms with Gasteiger partial charge in [-0.2, -0.15) is 0 Å². The van der Waals surface area contributed by atoms with Crippen LogP contribution in [0.15, 0.2) is 53.0 Å². The average molecular weight is 398 g/mol. The van der Waals surface area contributed by atoms with Crippen LogP contribution in [-0.2, 0) is 9.59 Å². The van der Waals surface area contributed by atoms with Crippen molar-refractivity contribution in [3.63, 3.8) is 0 Å². The van der Waals surface area contributed by atoms with E-state index in [-0.39, 0.29) is 23.7 Å². The first-order chi connectivity index (χ1) is 12.1. The van der Waals surface area contributed by atoms with Crippen molar-refractivity contribution in [3.05, 3.63) is 64.1 Å². The van der Waals surface area contributed by atoms with Crippen molar-refractivity contribution in [1.29, 1.82) is 0 Å². The van der Waals surface area contributed by atoms with E-state index < -0.39 is 0 Å². The third-order valence-corrected chi connectivity index (χ3v) is 6.09. The van der Waals surface area contributed by atoms with E-state index in [2.05, 4.69) is 28.1 Å². The summed E-state index contributed by atoms with van der Waals surface area (Å²) >= 11 is 3.44. The summed E-state index contributed by atoms with van der Waals surface area (Å²) in [5, 5.41) is 0. The van der Waals surface area contributed by atoms with Gasteiger partial charge in [0, 0.05) is 4.47 Å². The van der Waals surface area contributed by atoms with Crippen molar-refractivity contribution in [2.24, 2.45) is 11.8 Å². The fraction of sp³-hybridized carbons (Fsp3) is 0.333. The lowest BCUT2D eigenvalue weighted by atomic mass is 9.73. The topological polar surface area (TPSA) is 37.4 Å². The van der Waals surface area contributed by atoms with Gasteiger partial charge in [0.15, 0.2) is 0 Å². The molecule has 0 spiro atoms. The summed E-state index contributed by atoms with van der Waals surface area (Å²) in [6, 6.07) is 16.0. The smallest absolute Gasteiger partial charge is 0.237 e. The lowest BCUT2D eigenvalue weighted by molar-refractivity contribution is -0.122. The number of carbonyl (C=O) groups excluding carboxylic acids is 2. The van der Waals surface area contributed by atoms with Gasteiger partial charge in [-0.1, -0.05) is 46.3 Å². The number of carbonyl (C=O) groups is 2. The van der Waals surface area contributed by atoms with E-state index in [0.717, 1.165) is 35.0 Å². The van der Waals surface area contributed by atoms with Crippen molar-refractivity contribution >= 4 is 33.4 Å². The molecule has 0 bridgehead atoms. The molecule has 2 aliphatic rings. The standard InChI is InChI=1S/C21H20BrNO2/c1-13-11-16(22)8-10-19(13)23-20(24)17-9-7-15(12-18(17)21(23)25)14-5-3-2-4-6-14/h2-6,8,10-11,15,17-18H,7,9,12H2,1H3/t15-,17+,18+/m0/s1. The van der Waals surface area contributed by atoms with Gasteiger partial charge in [0.1, 0.15) is 0 Å². The number of hydrogen-bond acceptors (Lipinski definition) is 2. The fourth-order valence-corrected chi connectivity index (χ4v) is 4.79. The molecule has 4 heteroatoms. The lowest BCUT2D eigenvalue weighted by Gasteiger charge is -2.28. The molecule has 1 aliphatic carbocycles. The van der Waals surface area contributed by atoms with Gasteiger partial charge in [-0.25, -0.2) is 4.90 Å². The maximum atomic E-state index is 13.1. The molecule has 0 aromatic heterocycles. The van der Waals surface area contributed by atoms with Crippen LogP contribution in [0.5, 0.6) is 0 Å². The van der Waals surface area contributed by atoms with Crippen molar-refractivity contribution in [2.45, 2.75) is 32.1 Å². The van der Waals surface area contributed by atoms with Crippen LogP contribution in [0, 0.1) is 18.8 Å². The summed E-state index contributed by atoms with van der Waals surface area (Å²) in [6.07, 6.45) is 2.53. The van der Waals surface area contributed by atoms with Gasteiger partial charge in [-0.05, 0) is 61.4 Å². The summed E-state index contributed by atoms with van der Waals surface area (Å²) in [5.74, 6) is -0.0248. The van der Waals surface area contributed by atoms with Gasteiger partial charge < -0.3 is 0 Å². The molecule has 2 amide bonds. The van der Waals surface area contributed by atoms with E-state index in [9.17, 15) is 9.59 Å². The number of aryl methyl sites for hydroxylation is 1. The Kier molecular flexibility index (Phi) is 4.24. The fourth-order valence-electron chi connectivity index (χ4n) is 4.31. The second-order valence-corrected chi connectivity index (χ2v) is 7.99. The van der Waals surface area contributed by atoms with Crippen LogP contribution in [-0.4, -0.2) is 11.8 Å². The first-order valence-corrected chi connectivity index (χ1v) is 9.54. The normalized spacial score (nSPS) is 26.0. The van der Waals surface area contributed by atoms with Crippen LogP contribution in [0.4, 0.5) is 5.69 Å². The molecule has 0 radical (unpaired) electrons. The van der Waals surface area contributed by atoms with E-state index in [0.29, 0.717) is 5.92 Å². The molecule has 2 aromatic carbocycles. The van der Waals surface area contributed by atoms with Gasteiger partial charge >= 0.3 is 0 Å². The first-order valence-electron chi connectivity index (χ1n) is 8.75. The second kappa shape index (κ2) is 6.41. The SMILES string of the molecule is Cc1cc(Br)ccc1N1C(=O)[C@@H]2CC[C@H](c3ccccc3)C[C@H]2C1=O. The van der Waals surface area contributed by atoms with Crippen LogP contribution in [0.25, 0.3) is 0 Å². The number of rotatable bonds is 2. The van der Waals surface area contributed by atoms with E-state index in [1.165, 1.54) is 10.5 Å². The highest BCUT2D eigenvalue weighted by Gasteiger charge is 2.50. The Morgan fingerprint density at radius 1 is 0.960 bits per heavy atom. The number of halogens is 1. The van der Waals surface area contributed by atoms with E-state index in [1.807, 2.05) is 43.3 Å².